The molecule has 0 atom stereocenters. The van der Waals surface area contributed by atoms with Crippen LogP contribution >= 0.6 is 23.2 Å². The van der Waals surface area contributed by atoms with Crippen LogP contribution in [-0.2, 0) is 14.6 Å². The van der Waals surface area contributed by atoms with E-state index in [0.717, 1.165) is 0 Å². The first-order valence-corrected chi connectivity index (χ1v) is 6.98. The van der Waals surface area contributed by atoms with E-state index in [1.807, 2.05) is 0 Å². The molecule has 0 spiro atoms. The van der Waals surface area contributed by atoms with Gasteiger partial charge >= 0.3 is 5.97 Å². The summed E-state index contributed by atoms with van der Waals surface area (Å²) in [6.45, 7) is 0. The van der Waals surface area contributed by atoms with E-state index in [0.29, 0.717) is 0 Å². The molecular formula is C10H8Cl2O4S. The second-order valence-corrected chi connectivity index (χ2v) is 6.95. The summed E-state index contributed by atoms with van der Waals surface area (Å²) in [5.41, 5.74) is 0. The highest BCUT2D eigenvalue weighted by molar-refractivity contribution is 7.94. The maximum Gasteiger partial charge on any atom is 0.325 e. The summed E-state index contributed by atoms with van der Waals surface area (Å²) in [6.07, 6.45) is 0.209. The highest BCUT2D eigenvalue weighted by Gasteiger charge is 2.62. The van der Waals surface area contributed by atoms with Gasteiger partial charge in [-0.05, 0) is 31.0 Å². The topological polar surface area (TPSA) is 71.4 Å². The van der Waals surface area contributed by atoms with Crippen molar-refractivity contribution in [3.63, 3.8) is 0 Å². The summed E-state index contributed by atoms with van der Waals surface area (Å²) in [6, 6.07) is 3.97. The molecule has 1 saturated carbocycles. The van der Waals surface area contributed by atoms with Gasteiger partial charge in [0.15, 0.2) is 14.6 Å². The summed E-state index contributed by atoms with van der Waals surface area (Å²) >= 11 is 11.5. The first kappa shape index (κ1) is 12.7. The number of carbonyl (C=O) groups is 1. The zero-order valence-electron chi connectivity index (χ0n) is 8.48. The highest BCUT2D eigenvalue weighted by atomic mass is 35.5. The Hall–Kier alpha value is -0.780. The molecule has 92 valence electrons. The lowest BCUT2D eigenvalue weighted by atomic mass is 10.4. The van der Waals surface area contributed by atoms with Gasteiger partial charge in [0.25, 0.3) is 0 Å². The van der Waals surface area contributed by atoms with Gasteiger partial charge in [-0.2, -0.15) is 0 Å². The van der Waals surface area contributed by atoms with Crippen LogP contribution < -0.4 is 0 Å². The SMILES string of the molecule is O=C(O)C1(S(=O)(=O)c2cc(Cl)ccc2Cl)CC1. The molecule has 0 unspecified atom stereocenters. The minimum atomic E-state index is -4.00. The quantitative estimate of drug-likeness (QED) is 0.929. The van der Waals surface area contributed by atoms with Crippen molar-refractivity contribution >= 4 is 39.0 Å². The Labute approximate surface area is 108 Å². The van der Waals surface area contributed by atoms with Crippen LogP contribution in [0.25, 0.3) is 0 Å². The fourth-order valence-electron chi connectivity index (χ4n) is 1.60. The molecule has 0 aromatic heterocycles. The van der Waals surface area contributed by atoms with Crippen molar-refractivity contribution in [2.75, 3.05) is 0 Å². The number of aliphatic carboxylic acids is 1. The Morgan fingerprint density at radius 2 is 1.88 bits per heavy atom. The lowest BCUT2D eigenvalue weighted by Gasteiger charge is -2.13. The molecule has 0 radical (unpaired) electrons. The van der Waals surface area contributed by atoms with E-state index in [2.05, 4.69) is 0 Å². The third-order valence-corrected chi connectivity index (χ3v) is 6.00. The Bertz CT molecular complexity index is 590. The van der Waals surface area contributed by atoms with E-state index in [1.165, 1.54) is 18.2 Å². The molecule has 0 bridgehead atoms. The molecular weight excluding hydrogens is 287 g/mol. The molecule has 1 aromatic rings. The molecule has 7 heteroatoms. The van der Waals surface area contributed by atoms with Gasteiger partial charge in [-0.1, -0.05) is 23.2 Å². The molecule has 17 heavy (non-hydrogen) atoms. The molecule has 2 rings (SSSR count). The Balaban J connectivity index is 2.61. The first-order chi connectivity index (χ1) is 7.81. The van der Waals surface area contributed by atoms with Crippen LogP contribution in [0.3, 0.4) is 0 Å². The van der Waals surface area contributed by atoms with Crippen molar-refractivity contribution in [3.8, 4) is 0 Å². The van der Waals surface area contributed by atoms with Crippen molar-refractivity contribution in [3.05, 3.63) is 28.2 Å². The summed E-state index contributed by atoms with van der Waals surface area (Å²) in [4.78, 5) is 10.8. The maximum atomic E-state index is 12.2. The number of sulfone groups is 1. The minimum absolute atomic E-state index is 0.0121. The van der Waals surface area contributed by atoms with Crippen molar-refractivity contribution in [2.24, 2.45) is 0 Å². The number of carboxylic acids is 1. The van der Waals surface area contributed by atoms with Crippen LogP contribution in [0.15, 0.2) is 23.1 Å². The van der Waals surface area contributed by atoms with Crippen LogP contribution in [0.1, 0.15) is 12.8 Å². The largest absolute Gasteiger partial charge is 0.480 e. The predicted molar refractivity (Wildman–Crippen MR) is 63.2 cm³/mol. The molecule has 1 N–H and O–H groups in total. The molecule has 0 aliphatic heterocycles. The summed E-state index contributed by atoms with van der Waals surface area (Å²) in [5, 5.41) is 9.20. The lowest BCUT2D eigenvalue weighted by Crippen LogP contribution is -2.32. The second kappa shape index (κ2) is 3.86. The highest BCUT2D eigenvalue weighted by Crippen LogP contribution is 2.48. The molecule has 1 fully saturated rings. The Morgan fingerprint density at radius 3 is 2.35 bits per heavy atom. The third kappa shape index (κ3) is 1.82. The van der Waals surface area contributed by atoms with Crippen LogP contribution in [0.2, 0.25) is 10.0 Å². The Morgan fingerprint density at radius 1 is 1.29 bits per heavy atom. The van der Waals surface area contributed by atoms with Gasteiger partial charge in [-0.25, -0.2) is 8.42 Å². The van der Waals surface area contributed by atoms with Gasteiger partial charge in [0.1, 0.15) is 0 Å². The number of halogens is 2. The van der Waals surface area contributed by atoms with Gasteiger partial charge in [0.2, 0.25) is 0 Å². The van der Waals surface area contributed by atoms with Crippen LogP contribution in [0.4, 0.5) is 0 Å². The average Bonchev–Trinajstić information content (AvgIpc) is 3.02. The van der Waals surface area contributed by atoms with Crippen molar-refractivity contribution < 1.29 is 18.3 Å². The van der Waals surface area contributed by atoms with Crippen LogP contribution in [0, 0.1) is 0 Å². The third-order valence-electron chi connectivity index (χ3n) is 2.79. The zero-order chi connectivity index (χ0) is 12.8. The smallest absolute Gasteiger partial charge is 0.325 e. The van der Waals surface area contributed by atoms with Crippen molar-refractivity contribution in [1.82, 2.24) is 0 Å². The molecule has 0 heterocycles. The summed E-state index contributed by atoms with van der Waals surface area (Å²) in [5.74, 6) is -1.34. The first-order valence-electron chi connectivity index (χ1n) is 4.74. The van der Waals surface area contributed by atoms with Gasteiger partial charge in [-0.15, -0.1) is 0 Å². The molecule has 0 amide bonds. The number of hydrogen-bond donors (Lipinski definition) is 1. The minimum Gasteiger partial charge on any atom is -0.480 e. The van der Waals surface area contributed by atoms with Crippen molar-refractivity contribution in [2.45, 2.75) is 22.5 Å². The van der Waals surface area contributed by atoms with Crippen LogP contribution in [0.5, 0.6) is 0 Å². The lowest BCUT2D eigenvalue weighted by molar-refractivity contribution is -0.137. The fourth-order valence-corrected chi connectivity index (χ4v) is 4.16. The standard InChI is InChI=1S/C10H8Cl2O4S/c11-6-1-2-7(12)8(5-6)17(15,16)10(3-4-10)9(13)14/h1-2,5H,3-4H2,(H,13,14). The molecule has 1 aromatic carbocycles. The number of carboxylic acid groups (broad SMARTS) is 1. The molecule has 4 nitrogen and oxygen atoms in total. The normalized spacial score (nSPS) is 17.8. The van der Waals surface area contributed by atoms with E-state index in [9.17, 15) is 13.2 Å². The maximum absolute atomic E-state index is 12.2. The van der Waals surface area contributed by atoms with E-state index in [1.54, 1.807) is 0 Å². The van der Waals surface area contributed by atoms with E-state index >= 15 is 0 Å². The van der Waals surface area contributed by atoms with E-state index in [-0.39, 0.29) is 27.8 Å². The number of rotatable bonds is 3. The van der Waals surface area contributed by atoms with Crippen molar-refractivity contribution in [1.29, 1.82) is 0 Å². The van der Waals surface area contributed by atoms with E-state index < -0.39 is 20.6 Å². The van der Waals surface area contributed by atoms with Gasteiger partial charge in [0, 0.05) is 5.02 Å². The summed E-state index contributed by atoms with van der Waals surface area (Å²) in [7, 11) is -4.00. The van der Waals surface area contributed by atoms with Gasteiger partial charge in [0.05, 0.1) is 9.92 Å². The fraction of sp³-hybridized carbons (Fsp3) is 0.300. The monoisotopic (exact) mass is 294 g/mol. The van der Waals surface area contributed by atoms with Crippen LogP contribution in [-0.4, -0.2) is 24.2 Å². The average molecular weight is 295 g/mol. The van der Waals surface area contributed by atoms with Gasteiger partial charge in [-0.3, -0.25) is 4.79 Å². The molecule has 0 saturated heterocycles. The zero-order valence-corrected chi connectivity index (χ0v) is 10.8. The second-order valence-electron chi connectivity index (χ2n) is 3.88. The summed E-state index contributed by atoms with van der Waals surface area (Å²) < 4.78 is 22.7. The Kier molecular flexibility index (Phi) is 2.88. The van der Waals surface area contributed by atoms with E-state index in [4.69, 9.17) is 28.3 Å². The molecule has 1 aliphatic rings. The predicted octanol–water partition coefficient (Wildman–Crippen LogP) is 2.38. The number of benzene rings is 1. The number of hydrogen-bond acceptors (Lipinski definition) is 3. The molecule has 1 aliphatic carbocycles. The van der Waals surface area contributed by atoms with Gasteiger partial charge < -0.3 is 5.11 Å².